The number of aromatic nitrogens is 1. The highest BCUT2D eigenvalue weighted by atomic mass is 32.2. The molecule has 1 aromatic carbocycles. The van der Waals surface area contributed by atoms with Gasteiger partial charge >= 0.3 is 0 Å². The Kier molecular flexibility index (Phi) is 7.75. The highest BCUT2D eigenvalue weighted by Gasteiger charge is 2.27. The molecule has 2 heterocycles. The Morgan fingerprint density at radius 3 is 2.76 bits per heavy atom. The lowest BCUT2D eigenvalue weighted by Crippen LogP contribution is -2.46. The van der Waals surface area contributed by atoms with Crippen molar-refractivity contribution in [3.8, 4) is 12.3 Å². The van der Waals surface area contributed by atoms with E-state index < -0.39 is 0 Å². The topological polar surface area (TPSA) is 77.6 Å². The molecule has 2 aromatic rings. The molecule has 0 saturated carbocycles. The average molecular weight is 432 g/mol. The summed E-state index contributed by atoms with van der Waals surface area (Å²) in [4.78, 5) is 30.8. The van der Waals surface area contributed by atoms with Crippen LogP contribution in [0.2, 0.25) is 0 Å². The summed E-state index contributed by atoms with van der Waals surface area (Å²) < 4.78 is 3.31. The molecule has 0 radical (unpaired) electrons. The minimum Gasteiger partial charge on any atom is -0.348 e. The van der Waals surface area contributed by atoms with E-state index in [1.54, 1.807) is 23.3 Å². The van der Waals surface area contributed by atoms with Crippen molar-refractivity contribution in [2.24, 2.45) is 0 Å². The Morgan fingerprint density at radius 1 is 1.31 bits per heavy atom. The van der Waals surface area contributed by atoms with Gasteiger partial charge in [-0.25, -0.2) is 9.29 Å². The Bertz CT molecular complexity index is 853. The van der Waals surface area contributed by atoms with Crippen molar-refractivity contribution in [2.75, 3.05) is 43.9 Å². The number of carbonyl (C=O) groups excluding carboxylic acids is 2. The second kappa shape index (κ2) is 10.5. The van der Waals surface area contributed by atoms with Gasteiger partial charge in [-0.2, -0.15) is 0 Å². The van der Waals surface area contributed by atoms with Crippen LogP contribution < -0.4 is 15.5 Å². The number of thiazole rings is 1. The van der Waals surface area contributed by atoms with E-state index in [1.807, 2.05) is 24.5 Å². The smallest absolute Gasteiger partial charge is 0.240 e. The lowest BCUT2D eigenvalue weighted by atomic mass is 10.1. The maximum atomic E-state index is 12.2. The molecule has 1 aliphatic heterocycles. The SMILES string of the molecule is C#CCNC(=O)CNC(=O)CN(SC)C1CCN(c2nc3ccccc3s2)CC1. The first-order chi connectivity index (χ1) is 14.1. The van der Waals surface area contributed by atoms with Crippen LogP contribution in [0.15, 0.2) is 24.3 Å². The van der Waals surface area contributed by atoms with Crippen LogP contribution >= 0.6 is 23.3 Å². The molecule has 9 heteroatoms. The predicted octanol–water partition coefficient (Wildman–Crippen LogP) is 1.71. The molecule has 1 aromatic heterocycles. The van der Waals surface area contributed by atoms with Gasteiger partial charge in [0, 0.05) is 19.1 Å². The van der Waals surface area contributed by atoms with Crippen molar-refractivity contribution >= 4 is 50.4 Å². The third-order valence-corrected chi connectivity index (χ3v) is 6.79. The van der Waals surface area contributed by atoms with Gasteiger partial charge in [0.15, 0.2) is 5.13 Å². The molecule has 7 nitrogen and oxygen atoms in total. The van der Waals surface area contributed by atoms with Gasteiger partial charge in [-0.05, 0) is 31.2 Å². The molecule has 0 unspecified atom stereocenters. The van der Waals surface area contributed by atoms with Crippen LogP contribution in [0.1, 0.15) is 12.8 Å². The van der Waals surface area contributed by atoms with Gasteiger partial charge in [-0.3, -0.25) is 9.59 Å². The molecule has 3 rings (SSSR count). The van der Waals surface area contributed by atoms with Crippen LogP contribution in [0.25, 0.3) is 10.2 Å². The van der Waals surface area contributed by atoms with Crippen molar-refractivity contribution in [1.29, 1.82) is 0 Å². The number of fused-ring (bicyclic) bond motifs is 1. The molecule has 2 amide bonds. The number of carbonyl (C=O) groups is 2. The third-order valence-electron chi connectivity index (χ3n) is 4.79. The highest BCUT2D eigenvalue weighted by Crippen LogP contribution is 2.31. The zero-order valence-electron chi connectivity index (χ0n) is 16.4. The lowest BCUT2D eigenvalue weighted by Gasteiger charge is -2.36. The molecule has 0 atom stereocenters. The van der Waals surface area contributed by atoms with Gasteiger partial charge in [0.2, 0.25) is 11.8 Å². The van der Waals surface area contributed by atoms with E-state index in [1.165, 1.54) is 4.70 Å². The van der Waals surface area contributed by atoms with Crippen molar-refractivity contribution in [2.45, 2.75) is 18.9 Å². The molecule has 0 aliphatic carbocycles. The fraction of sp³-hybridized carbons (Fsp3) is 0.450. The monoisotopic (exact) mass is 431 g/mol. The maximum Gasteiger partial charge on any atom is 0.240 e. The van der Waals surface area contributed by atoms with E-state index in [2.05, 4.69) is 31.8 Å². The maximum absolute atomic E-state index is 12.2. The summed E-state index contributed by atoms with van der Waals surface area (Å²) in [5, 5.41) is 6.25. The highest BCUT2D eigenvalue weighted by molar-refractivity contribution is 7.96. The van der Waals surface area contributed by atoms with Gasteiger partial charge < -0.3 is 15.5 Å². The number of benzene rings is 1. The summed E-state index contributed by atoms with van der Waals surface area (Å²) in [6.45, 7) is 2.20. The Balaban J connectivity index is 1.47. The number of rotatable bonds is 8. The van der Waals surface area contributed by atoms with Gasteiger partial charge in [-0.15, -0.1) is 6.42 Å². The largest absolute Gasteiger partial charge is 0.348 e. The number of nitrogens with one attached hydrogen (secondary N) is 2. The number of para-hydroxylation sites is 1. The number of hydrogen-bond donors (Lipinski definition) is 2. The van der Waals surface area contributed by atoms with Gasteiger partial charge in [0.25, 0.3) is 0 Å². The van der Waals surface area contributed by atoms with E-state index >= 15 is 0 Å². The Morgan fingerprint density at radius 2 is 2.07 bits per heavy atom. The second-order valence-corrected chi connectivity index (χ2v) is 8.54. The minimum atomic E-state index is -0.281. The molecule has 1 fully saturated rings. The molecular formula is C20H25N5O2S2. The third kappa shape index (κ3) is 5.85. The quantitative estimate of drug-likeness (QED) is 0.490. The summed E-state index contributed by atoms with van der Waals surface area (Å²) in [5.41, 5.74) is 1.04. The zero-order valence-corrected chi connectivity index (χ0v) is 18.0. The Hall–Kier alpha value is -2.28. The van der Waals surface area contributed by atoms with Crippen LogP contribution in [0.4, 0.5) is 5.13 Å². The fourth-order valence-electron chi connectivity index (χ4n) is 3.27. The number of piperidine rings is 1. The van der Waals surface area contributed by atoms with E-state index in [4.69, 9.17) is 11.4 Å². The first kappa shape index (κ1) is 21.4. The van der Waals surface area contributed by atoms with E-state index in [0.717, 1.165) is 36.6 Å². The standard InChI is InChI=1S/C20H25N5O2S2/c1-3-10-21-18(26)13-22-19(27)14-25(28-2)15-8-11-24(12-9-15)20-23-16-6-4-5-7-17(16)29-20/h1,4-7,15H,8-14H2,2H3,(H,21,26)(H,22,27). The van der Waals surface area contributed by atoms with Crippen LogP contribution in [-0.2, 0) is 9.59 Å². The van der Waals surface area contributed by atoms with Crippen LogP contribution in [0.5, 0.6) is 0 Å². The van der Waals surface area contributed by atoms with Crippen LogP contribution in [0, 0.1) is 12.3 Å². The summed E-state index contributed by atoms with van der Waals surface area (Å²) in [5.74, 6) is 1.88. The second-order valence-electron chi connectivity index (χ2n) is 6.70. The molecule has 0 spiro atoms. The van der Waals surface area contributed by atoms with Crippen molar-refractivity contribution in [3.63, 3.8) is 0 Å². The van der Waals surface area contributed by atoms with Crippen LogP contribution in [-0.4, -0.2) is 66.1 Å². The van der Waals surface area contributed by atoms with Gasteiger partial charge in [0.05, 0.1) is 29.9 Å². The van der Waals surface area contributed by atoms with Crippen LogP contribution in [0.3, 0.4) is 0 Å². The van der Waals surface area contributed by atoms with Crippen molar-refractivity contribution in [1.82, 2.24) is 19.9 Å². The van der Waals surface area contributed by atoms with E-state index in [-0.39, 0.29) is 31.4 Å². The number of amides is 2. The molecule has 1 saturated heterocycles. The fourth-order valence-corrected chi connectivity index (χ4v) is 5.04. The van der Waals surface area contributed by atoms with E-state index in [9.17, 15) is 9.59 Å². The first-order valence-corrected chi connectivity index (χ1v) is 11.5. The molecule has 29 heavy (non-hydrogen) atoms. The summed E-state index contributed by atoms with van der Waals surface area (Å²) in [6.07, 6.45) is 9.01. The lowest BCUT2D eigenvalue weighted by molar-refractivity contribution is -0.126. The number of hydrogen-bond acceptors (Lipinski definition) is 7. The normalized spacial score (nSPS) is 14.7. The molecular weight excluding hydrogens is 406 g/mol. The molecule has 154 valence electrons. The number of anilines is 1. The van der Waals surface area contributed by atoms with Gasteiger partial charge in [-0.1, -0.05) is 41.3 Å². The number of terminal acetylenes is 1. The zero-order chi connectivity index (χ0) is 20.6. The molecule has 2 N–H and O–H groups in total. The van der Waals surface area contributed by atoms with E-state index in [0.29, 0.717) is 6.04 Å². The summed E-state index contributed by atoms with van der Waals surface area (Å²) >= 11 is 3.29. The minimum absolute atomic E-state index is 0.0568. The van der Waals surface area contributed by atoms with Crippen molar-refractivity contribution in [3.05, 3.63) is 24.3 Å². The molecule has 0 bridgehead atoms. The number of nitrogens with zero attached hydrogens (tertiary/aromatic N) is 3. The average Bonchev–Trinajstić information content (AvgIpc) is 3.19. The van der Waals surface area contributed by atoms with Crippen molar-refractivity contribution < 1.29 is 9.59 Å². The Labute approximate surface area is 179 Å². The first-order valence-electron chi connectivity index (χ1n) is 9.49. The summed E-state index contributed by atoms with van der Waals surface area (Å²) in [6, 6.07) is 8.51. The van der Waals surface area contributed by atoms with Gasteiger partial charge in [0.1, 0.15) is 0 Å². The summed E-state index contributed by atoms with van der Waals surface area (Å²) in [7, 11) is 0. The molecule has 1 aliphatic rings. The predicted molar refractivity (Wildman–Crippen MR) is 120 cm³/mol.